The molecule has 4 N–H and O–H groups in total. The molecule has 0 aliphatic rings. The highest BCUT2D eigenvalue weighted by Gasteiger charge is 2.12. The van der Waals surface area contributed by atoms with Crippen molar-refractivity contribution in [3.8, 4) is 23.0 Å². The fraction of sp³-hybridized carbons (Fsp3) is 0.273. The van der Waals surface area contributed by atoms with E-state index in [-0.39, 0.29) is 12.0 Å². The largest absolute Gasteiger partial charge is 0.456 e. The lowest BCUT2D eigenvalue weighted by Crippen LogP contribution is -2.20. The molecule has 0 atom stereocenters. The molecule has 0 aliphatic carbocycles. The summed E-state index contributed by atoms with van der Waals surface area (Å²) in [7, 11) is 0. The van der Waals surface area contributed by atoms with Gasteiger partial charge >= 0.3 is 5.97 Å². The van der Waals surface area contributed by atoms with E-state index < -0.39 is 11.9 Å². The first-order valence-electron chi connectivity index (χ1n) is 9.33. The van der Waals surface area contributed by atoms with Gasteiger partial charge in [-0.15, -0.1) is 0 Å². The van der Waals surface area contributed by atoms with Crippen LogP contribution in [0.3, 0.4) is 0 Å². The summed E-state index contributed by atoms with van der Waals surface area (Å²) in [4.78, 5) is 26.9. The number of hydrogen-bond acceptors (Lipinski definition) is 6. The average Bonchev–Trinajstić information content (AvgIpc) is 3.05. The van der Waals surface area contributed by atoms with Gasteiger partial charge in [0, 0.05) is 23.9 Å². The number of nitrogens with one attached hydrogen (secondary N) is 2. The molecule has 0 fully saturated rings. The van der Waals surface area contributed by atoms with E-state index >= 15 is 0 Å². The highest BCUT2D eigenvalue weighted by atomic mass is 16.5. The van der Waals surface area contributed by atoms with E-state index in [2.05, 4.69) is 32.3 Å². The van der Waals surface area contributed by atoms with Crippen LogP contribution in [0.25, 0.3) is 22.0 Å². The first kappa shape index (κ1) is 20.9. The van der Waals surface area contributed by atoms with Gasteiger partial charge < -0.3 is 15.8 Å². The molecule has 8 heteroatoms. The molecule has 2 aromatic heterocycles. The third kappa shape index (κ3) is 5.14. The van der Waals surface area contributed by atoms with Gasteiger partial charge in [-0.3, -0.25) is 14.7 Å². The molecular weight excluding hydrogens is 382 g/mol. The number of hydrogen-bond donors (Lipinski definition) is 3. The minimum atomic E-state index is -0.526. The molecule has 1 amide bonds. The quantitative estimate of drug-likeness (QED) is 0.453. The molecule has 0 spiro atoms. The number of ether oxygens (including phenoxy) is 1. The summed E-state index contributed by atoms with van der Waals surface area (Å²) in [5.74, 6) is 6.17. The molecule has 154 valence electrons. The van der Waals surface area contributed by atoms with Crippen LogP contribution in [0.4, 0.5) is 11.6 Å². The summed E-state index contributed by atoms with van der Waals surface area (Å²) < 4.78 is 4.69. The van der Waals surface area contributed by atoms with E-state index in [0.717, 1.165) is 27.6 Å². The average molecular weight is 405 g/mol. The number of carbonyl (C=O) groups excluding carboxylic acids is 2. The molecule has 30 heavy (non-hydrogen) atoms. The van der Waals surface area contributed by atoms with E-state index in [1.165, 1.54) is 6.92 Å². The normalized spacial score (nSPS) is 10.9. The fourth-order valence-corrected chi connectivity index (χ4v) is 2.69. The number of nitrogens with zero attached hydrogens (tertiary/aromatic N) is 2. The van der Waals surface area contributed by atoms with Crippen LogP contribution in [0, 0.1) is 17.3 Å². The molecule has 3 rings (SSSR count). The fourth-order valence-electron chi connectivity index (χ4n) is 2.69. The topological polar surface area (TPSA) is 123 Å². The van der Waals surface area contributed by atoms with E-state index in [4.69, 9.17) is 10.5 Å². The van der Waals surface area contributed by atoms with Crippen molar-refractivity contribution >= 4 is 34.4 Å². The van der Waals surface area contributed by atoms with Gasteiger partial charge in [-0.2, -0.15) is 5.10 Å². The third-order valence-electron chi connectivity index (χ3n) is 4.04. The lowest BCUT2D eigenvalue weighted by atomic mass is 9.96. The van der Waals surface area contributed by atoms with E-state index in [1.807, 2.05) is 39.0 Å². The van der Waals surface area contributed by atoms with Crippen molar-refractivity contribution in [3.63, 3.8) is 0 Å². The van der Waals surface area contributed by atoms with Gasteiger partial charge in [-0.05, 0) is 56.2 Å². The maximum Gasteiger partial charge on any atom is 0.303 e. The Morgan fingerprint density at radius 3 is 2.70 bits per heavy atom. The Balaban J connectivity index is 1.98. The number of fused-ring (bicyclic) bond motifs is 1. The summed E-state index contributed by atoms with van der Waals surface area (Å²) in [5, 5.41) is 10.4. The molecule has 0 saturated heterocycles. The minimum Gasteiger partial charge on any atom is -0.456 e. The van der Waals surface area contributed by atoms with E-state index in [0.29, 0.717) is 11.6 Å². The number of H-pyrrole nitrogens is 1. The second kappa shape index (κ2) is 8.25. The Hall–Kier alpha value is -3.86. The molecule has 8 nitrogen and oxygen atoms in total. The van der Waals surface area contributed by atoms with Crippen LogP contribution in [0.15, 0.2) is 30.5 Å². The van der Waals surface area contributed by atoms with Crippen LogP contribution in [0.2, 0.25) is 0 Å². The van der Waals surface area contributed by atoms with Gasteiger partial charge in [0.15, 0.2) is 12.4 Å². The summed E-state index contributed by atoms with van der Waals surface area (Å²) in [6.45, 7) is 6.98. The number of anilines is 2. The van der Waals surface area contributed by atoms with Crippen molar-refractivity contribution in [2.75, 3.05) is 17.7 Å². The SMILES string of the molecule is CC(=O)OCC(=O)Nc1cc(-c2cc(C#CC(C)(C)C)c3[nH]nc(N)c3c2)ccn1. The van der Waals surface area contributed by atoms with Crippen molar-refractivity contribution in [3.05, 3.63) is 36.0 Å². The lowest BCUT2D eigenvalue weighted by Gasteiger charge is -2.09. The number of rotatable bonds is 4. The standard InChI is InChI=1S/C22H23N5O3/c1-13(28)30-12-19(29)25-18-11-14(6-8-24-18)16-9-15(5-7-22(2,3)4)20-17(10-16)21(23)27-26-20/h6,8-11H,12H2,1-4H3,(H3,23,26,27)(H,24,25,29). The molecule has 0 radical (unpaired) electrons. The number of nitrogen functional groups attached to an aromatic ring is 1. The van der Waals surface area contributed by atoms with Crippen LogP contribution < -0.4 is 11.1 Å². The second-order valence-electron chi connectivity index (χ2n) is 7.81. The zero-order valence-corrected chi connectivity index (χ0v) is 17.3. The number of amides is 1. The number of benzene rings is 1. The Bertz CT molecular complexity index is 1180. The lowest BCUT2D eigenvalue weighted by molar-refractivity contribution is -0.144. The van der Waals surface area contributed by atoms with Crippen LogP contribution in [0.5, 0.6) is 0 Å². The molecule has 1 aromatic carbocycles. The molecule has 0 unspecified atom stereocenters. The van der Waals surface area contributed by atoms with Crippen LogP contribution in [0.1, 0.15) is 33.3 Å². The zero-order chi connectivity index (χ0) is 21.9. The number of esters is 1. The summed E-state index contributed by atoms with van der Waals surface area (Å²) >= 11 is 0. The Morgan fingerprint density at radius 2 is 2.00 bits per heavy atom. The highest BCUT2D eigenvalue weighted by Crippen LogP contribution is 2.30. The smallest absolute Gasteiger partial charge is 0.303 e. The van der Waals surface area contributed by atoms with Gasteiger partial charge in [-0.1, -0.05) is 11.8 Å². The monoisotopic (exact) mass is 405 g/mol. The van der Waals surface area contributed by atoms with E-state index in [1.54, 1.807) is 12.3 Å². The summed E-state index contributed by atoms with van der Waals surface area (Å²) in [6, 6.07) is 7.40. The van der Waals surface area contributed by atoms with Crippen molar-refractivity contribution in [1.82, 2.24) is 15.2 Å². The first-order chi connectivity index (χ1) is 14.1. The maximum absolute atomic E-state index is 11.9. The first-order valence-corrected chi connectivity index (χ1v) is 9.33. The predicted molar refractivity (Wildman–Crippen MR) is 115 cm³/mol. The number of aromatic amines is 1. The van der Waals surface area contributed by atoms with Crippen LogP contribution >= 0.6 is 0 Å². The van der Waals surface area contributed by atoms with Gasteiger partial charge in [-0.25, -0.2) is 4.98 Å². The number of carbonyl (C=O) groups is 2. The summed E-state index contributed by atoms with van der Waals surface area (Å²) in [6.07, 6.45) is 1.58. The third-order valence-corrected chi connectivity index (χ3v) is 4.04. The van der Waals surface area contributed by atoms with Gasteiger partial charge in [0.2, 0.25) is 0 Å². The van der Waals surface area contributed by atoms with Gasteiger partial charge in [0.05, 0.1) is 11.1 Å². The summed E-state index contributed by atoms with van der Waals surface area (Å²) in [5.41, 5.74) is 9.08. The molecule has 2 heterocycles. The molecule has 0 aliphatic heterocycles. The second-order valence-corrected chi connectivity index (χ2v) is 7.81. The van der Waals surface area contributed by atoms with Crippen molar-refractivity contribution in [1.29, 1.82) is 0 Å². The van der Waals surface area contributed by atoms with E-state index in [9.17, 15) is 9.59 Å². The predicted octanol–water partition coefficient (Wildman–Crippen LogP) is 3.11. The van der Waals surface area contributed by atoms with Gasteiger partial charge in [0.25, 0.3) is 5.91 Å². The van der Waals surface area contributed by atoms with Crippen molar-refractivity contribution in [2.45, 2.75) is 27.7 Å². The molecular formula is C22H23N5O3. The Morgan fingerprint density at radius 1 is 1.23 bits per heavy atom. The van der Waals surface area contributed by atoms with Crippen LogP contribution in [-0.2, 0) is 14.3 Å². The number of aromatic nitrogens is 3. The maximum atomic E-state index is 11.9. The number of nitrogens with two attached hydrogens (primary N) is 1. The molecule has 3 aromatic rings. The molecule has 0 saturated carbocycles. The number of pyridine rings is 1. The molecule has 0 bridgehead atoms. The Labute approximate surface area is 174 Å². The minimum absolute atomic E-state index is 0.163. The Kier molecular flexibility index (Phi) is 5.74. The zero-order valence-electron chi connectivity index (χ0n) is 17.3. The van der Waals surface area contributed by atoms with Gasteiger partial charge in [0.1, 0.15) is 5.82 Å². The highest BCUT2D eigenvalue weighted by molar-refractivity contribution is 5.97. The van der Waals surface area contributed by atoms with Crippen LogP contribution in [-0.4, -0.2) is 33.7 Å². The van der Waals surface area contributed by atoms with Crippen molar-refractivity contribution < 1.29 is 14.3 Å². The van der Waals surface area contributed by atoms with Crippen molar-refractivity contribution in [2.24, 2.45) is 5.41 Å².